The van der Waals surface area contributed by atoms with Crippen LogP contribution in [0.2, 0.25) is 0 Å². The lowest BCUT2D eigenvalue weighted by molar-refractivity contribution is 0.300. The molecule has 0 amide bonds. The highest BCUT2D eigenvalue weighted by molar-refractivity contribution is 5.00. The zero-order valence-corrected chi connectivity index (χ0v) is 12.0. The smallest absolute Gasteiger partial charge is 0.0202 e. The Bertz CT molecular complexity index is 223. The summed E-state index contributed by atoms with van der Waals surface area (Å²) in [7, 11) is 0. The van der Waals surface area contributed by atoms with Gasteiger partial charge in [-0.05, 0) is 43.8 Å². The number of rotatable bonds is 6. The van der Waals surface area contributed by atoms with Crippen molar-refractivity contribution in [2.45, 2.75) is 52.5 Å². The quantitative estimate of drug-likeness (QED) is 0.716. The zero-order valence-electron chi connectivity index (χ0n) is 12.0. The van der Waals surface area contributed by atoms with Crippen LogP contribution >= 0.6 is 0 Å². The third-order valence-corrected chi connectivity index (χ3v) is 3.73. The van der Waals surface area contributed by atoms with Gasteiger partial charge < -0.3 is 5.32 Å². The van der Waals surface area contributed by atoms with Crippen molar-refractivity contribution in [3.05, 3.63) is 12.2 Å². The Kier molecular flexibility index (Phi) is 6.83. The van der Waals surface area contributed by atoms with Crippen LogP contribution in [0.15, 0.2) is 12.2 Å². The van der Waals surface area contributed by atoms with E-state index < -0.39 is 0 Å². The van der Waals surface area contributed by atoms with Gasteiger partial charge in [0.15, 0.2) is 0 Å². The van der Waals surface area contributed by atoms with Crippen LogP contribution in [0.1, 0.15) is 46.5 Å². The summed E-state index contributed by atoms with van der Waals surface area (Å²) in [6.07, 6.45) is 5.51. The van der Waals surface area contributed by atoms with E-state index in [1.54, 1.807) is 0 Å². The Hall–Kier alpha value is -0.340. The molecule has 0 aliphatic carbocycles. The van der Waals surface area contributed by atoms with Gasteiger partial charge in [0.2, 0.25) is 0 Å². The molecule has 1 fully saturated rings. The summed E-state index contributed by atoms with van der Waals surface area (Å²) in [5, 5.41) is 3.44. The van der Waals surface area contributed by atoms with Crippen molar-refractivity contribution >= 4 is 0 Å². The largest absolute Gasteiger partial charge is 0.311 e. The van der Waals surface area contributed by atoms with E-state index in [9.17, 15) is 0 Å². The first-order chi connectivity index (χ1) is 8.11. The number of hydrogen-bond acceptors (Lipinski definition) is 2. The number of likely N-dealkylation sites (tertiary alicyclic amines) is 1. The van der Waals surface area contributed by atoms with E-state index in [2.05, 4.69) is 37.6 Å². The molecule has 0 aromatic heterocycles. The highest BCUT2D eigenvalue weighted by atomic mass is 15.1. The van der Waals surface area contributed by atoms with Gasteiger partial charge in [-0.15, -0.1) is 0 Å². The monoisotopic (exact) mass is 238 g/mol. The average molecular weight is 238 g/mol. The molecule has 1 aliphatic rings. The summed E-state index contributed by atoms with van der Waals surface area (Å²) in [6.45, 7) is 15.5. The molecule has 1 heterocycles. The van der Waals surface area contributed by atoms with Gasteiger partial charge >= 0.3 is 0 Å². The van der Waals surface area contributed by atoms with Gasteiger partial charge in [0.05, 0.1) is 0 Å². The lowest BCUT2D eigenvalue weighted by Crippen LogP contribution is -2.32. The maximum atomic E-state index is 4.19. The van der Waals surface area contributed by atoms with E-state index in [1.807, 2.05) is 0 Å². The summed E-state index contributed by atoms with van der Waals surface area (Å²) in [4.78, 5) is 2.58. The van der Waals surface area contributed by atoms with Gasteiger partial charge in [-0.3, -0.25) is 4.90 Å². The highest BCUT2D eigenvalue weighted by Crippen LogP contribution is 2.20. The van der Waals surface area contributed by atoms with Gasteiger partial charge in [-0.25, -0.2) is 0 Å². The lowest BCUT2D eigenvalue weighted by atomic mass is 9.98. The molecule has 100 valence electrons. The van der Waals surface area contributed by atoms with Crippen LogP contribution in [0.25, 0.3) is 0 Å². The second kappa shape index (κ2) is 7.88. The predicted molar refractivity (Wildman–Crippen MR) is 76.4 cm³/mol. The van der Waals surface area contributed by atoms with Crippen LogP contribution in [0, 0.1) is 5.92 Å². The van der Waals surface area contributed by atoms with Crippen LogP contribution < -0.4 is 5.32 Å². The molecule has 17 heavy (non-hydrogen) atoms. The van der Waals surface area contributed by atoms with Gasteiger partial charge in [0.1, 0.15) is 0 Å². The van der Waals surface area contributed by atoms with Crippen LogP contribution in [-0.2, 0) is 0 Å². The topological polar surface area (TPSA) is 15.3 Å². The fourth-order valence-corrected chi connectivity index (χ4v) is 2.51. The molecular formula is C15H30N2. The minimum absolute atomic E-state index is 0.556. The summed E-state index contributed by atoms with van der Waals surface area (Å²) in [5.41, 5.74) is 1.33. The van der Waals surface area contributed by atoms with Gasteiger partial charge in [-0.2, -0.15) is 0 Å². The number of nitrogens with zero attached hydrogens (tertiary/aromatic N) is 1. The van der Waals surface area contributed by atoms with Gasteiger partial charge in [-0.1, -0.05) is 33.8 Å². The SMILES string of the molecule is C=C(CNC(C)C)CN1CCCC(CC)CC1. The van der Waals surface area contributed by atoms with Crippen molar-refractivity contribution in [2.75, 3.05) is 26.2 Å². The molecule has 0 bridgehead atoms. The molecule has 0 aromatic carbocycles. The molecule has 1 saturated heterocycles. The second-order valence-corrected chi connectivity index (χ2v) is 5.77. The van der Waals surface area contributed by atoms with Crippen LogP contribution in [0.4, 0.5) is 0 Å². The number of nitrogens with one attached hydrogen (secondary N) is 1. The van der Waals surface area contributed by atoms with E-state index >= 15 is 0 Å². The predicted octanol–water partition coefficient (Wildman–Crippen LogP) is 3.05. The summed E-state index contributed by atoms with van der Waals surface area (Å²) in [6, 6.07) is 0.556. The van der Waals surface area contributed by atoms with Crippen molar-refractivity contribution in [3.63, 3.8) is 0 Å². The lowest BCUT2D eigenvalue weighted by Gasteiger charge is -2.22. The van der Waals surface area contributed by atoms with E-state index in [-0.39, 0.29) is 0 Å². The minimum atomic E-state index is 0.556. The fourth-order valence-electron chi connectivity index (χ4n) is 2.51. The highest BCUT2D eigenvalue weighted by Gasteiger charge is 2.15. The number of hydrogen-bond donors (Lipinski definition) is 1. The van der Waals surface area contributed by atoms with E-state index in [0.29, 0.717) is 6.04 Å². The third-order valence-electron chi connectivity index (χ3n) is 3.73. The Balaban J connectivity index is 2.24. The first-order valence-corrected chi connectivity index (χ1v) is 7.24. The minimum Gasteiger partial charge on any atom is -0.311 e. The molecule has 1 rings (SSSR count). The zero-order chi connectivity index (χ0) is 12.7. The molecule has 0 aromatic rings. The van der Waals surface area contributed by atoms with Crippen molar-refractivity contribution in [2.24, 2.45) is 5.92 Å². The molecule has 1 unspecified atom stereocenters. The molecule has 0 spiro atoms. The molecule has 1 atom stereocenters. The molecule has 2 heteroatoms. The molecular weight excluding hydrogens is 208 g/mol. The Morgan fingerprint density at radius 1 is 1.35 bits per heavy atom. The first kappa shape index (κ1) is 14.7. The average Bonchev–Trinajstić information content (AvgIpc) is 2.51. The van der Waals surface area contributed by atoms with Crippen molar-refractivity contribution in [3.8, 4) is 0 Å². The van der Waals surface area contributed by atoms with Crippen LogP contribution in [-0.4, -0.2) is 37.1 Å². The van der Waals surface area contributed by atoms with Crippen LogP contribution in [0.5, 0.6) is 0 Å². The summed E-state index contributed by atoms with van der Waals surface area (Å²) < 4.78 is 0. The van der Waals surface area contributed by atoms with E-state index in [4.69, 9.17) is 0 Å². The van der Waals surface area contributed by atoms with Crippen molar-refractivity contribution in [1.82, 2.24) is 10.2 Å². The molecule has 1 aliphatic heterocycles. The van der Waals surface area contributed by atoms with E-state index in [0.717, 1.165) is 19.0 Å². The third kappa shape index (κ3) is 6.23. The standard InChI is InChI=1S/C15H30N2/c1-5-15-7-6-9-17(10-8-15)12-14(4)11-16-13(2)3/h13,15-16H,4-12H2,1-3H3. The maximum Gasteiger partial charge on any atom is 0.0202 e. The Morgan fingerprint density at radius 2 is 2.12 bits per heavy atom. The van der Waals surface area contributed by atoms with Crippen molar-refractivity contribution in [1.29, 1.82) is 0 Å². The van der Waals surface area contributed by atoms with Crippen LogP contribution in [0.3, 0.4) is 0 Å². The second-order valence-electron chi connectivity index (χ2n) is 5.77. The molecule has 1 N–H and O–H groups in total. The van der Waals surface area contributed by atoms with E-state index in [1.165, 1.54) is 44.3 Å². The Morgan fingerprint density at radius 3 is 2.76 bits per heavy atom. The van der Waals surface area contributed by atoms with Gasteiger partial charge in [0, 0.05) is 19.1 Å². The summed E-state index contributed by atoms with van der Waals surface area (Å²) in [5.74, 6) is 0.960. The molecule has 0 saturated carbocycles. The normalized spacial score (nSPS) is 22.7. The molecule has 0 radical (unpaired) electrons. The van der Waals surface area contributed by atoms with Gasteiger partial charge in [0.25, 0.3) is 0 Å². The summed E-state index contributed by atoms with van der Waals surface area (Å²) >= 11 is 0. The maximum absolute atomic E-state index is 4.19. The Labute approximate surface area is 107 Å². The van der Waals surface area contributed by atoms with Crippen molar-refractivity contribution < 1.29 is 0 Å². The first-order valence-electron chi connectivity index (χ1n) is 7.24. The fraction of sp³-hybridized carbons (Fsp3) is 0.867. The molecule has 2 nitrogen and oxygen atoms in total.